The number of nitrogens with one attached hydrogen (secondary N) is 1. The molecule has 1 unspecified atom stereocenters. The van der Waals surface area contributed by atoms with E-state index in [0.29, 0.717) is 5.56 Å². The molecule has 1 aliphatic carbocycles. The van der Waals surface area contributed by atoms with Crippen LogP contribution in [0, 0.1) is 5.82 Å². The lowest BCUT2D eigenvalue weighted by molar-refractivity contribution is -0.138. The topological polar surface area (TPSA) is 104 Å². The average Bonchev–Trinajstić information content (AvgIpc) is 3.41. The summed E-state index contributed by atoms with van der Waals surface area (Å²) >= 11 is 0. The van der Waals surface area contributed by atoms with Gasteiger partial charge in [-0.25, -0.2) is 17.6 Å². The summed E-state index contributed by atoms with van der Waals surface area (Å²) in [5.74, 6) is -1.73. The Morgan fingerprint density at radius 3 is 2.57 bits per heavy atom. The van der Waals surface area contributed by atoms with Gasteiger partial charge in [0.05, 0.1) is 5.75 Å². The summed E-state index contributed by atoms with van der Waals surface area (Å²) < 4.78 is 36.5. The number of carbonyl (C=O) groups is 3. The van der Waals surface area contributed by atoms with E-state index in [1.54, 1.807) is 18.2 Å². The number of rotatable bonds is 8. The van der Waals surface area contributed by atoms with E-state index in [2.05, 4.69) is 5.32 Å². The molecule has 2 aliphatic rings. The van der Waals surface area contributed by atoms with Crippen LogP contribution in [0.4, 0.5) is 9.18 Å². The van der Waals surface area contributed by atoms with Gasteiger partial charge in [-0.2, -0.15) is 0 Å². The highest BCUT2D eigenvalue weighted by atomic mass is 32.2. The first-order valence-electron chi connectivity index (χ1n) is 8.98. The molecular weight excluding hydrogens is 389 g/mol. The lowest BCUT2D eigenvalue weighted by atomic mass is 10.2. The van der Waals surface area contributed by atoms with Crippen molar-refractivity contribution in [1.82, 2.24) is 15.1 Å². The predicted octanol–water partition coefficient (Wildman–Crippen LogP) is 0.672. The van der Waals surface area contributed by atoms with Crippen LogP contribution in [0.15, 0.2) is 24.3 Å². The van der Waals surface area contributed by atoms with E-state index >= 15 is 0 Å². The molecule has 1 saturated heterocycles. The SMILES string of the molecule is CS(=O)(=O)CCC1NC(=O)N(CC(=O)N(Cc2ccccc2F)C2CC2)C1=O. The molecule has 152 valence electrons. The van der Waals surface area contributed by atoms with E-state index in [0.717, 1.165) is 24.0 Å². The Hall–Kier alpha value is -2.49. The van der Waals surface area contributed by atoms with Crippen molar-refractivity contribution in [2.75, 3.05) is 18.6 Å². The van der Waals surface area contributed by atoms with E-state index in [1.807, 2.05) is 0 Å². The number of benzene rings is 1. The number of urea groups is 1. The van der Waals surface area contributed by atoms with Crippen LogP contribution < -0.4 is 5.32 Å². The fourth-order valence-corrected chi connectivity index (χ4v) is 3.76. The van der Waals surface area contributed by atoms with Crippen molar-refractivity contribution in [2.45, 2.75) is 37.9 Å². The third-order valence-electron chi connectivity index (χ3n) is 4.78. The monoisotopic (exact) mass is 411 g/mol. The predicted molar refractivity (Wildman–Crippen MR) is 98.3 cm³/mol. The maximum absolute atomic E-state index is 13.9. The molecule has 1 aromatic carbocycles. The zero-order valence-electron chi connectivity index (χ0n) is 15.4. The van der Waals surface area contributed by atoms with Gasteiger partial charge in [-0.1, -0.05) is 18.2 Å². The van der Waals surface area contributed by atoms with Crippen molar-refractivity contribution >= 4 is 27.7 Å². The third-order valence-corrected chi connectivity index (χ3v) is 5.76. The second-order valence-electron chi connectivity index (χ2n) is 7.19. The Balaban J connectivity index is 1.66. The molecule has 1 aliphatic heterocycles. The minimum atomic E-state index is -3.28. The summed E-state index contributed by atoms with van der Waals surface area (Å²) in [6.45, 7) is -0.387. The van der Waals surface area contributed by atoms with E-state index in [-0.39, 0.29) is 24.8 Å². The normalized spacial score (nSPS) is 19.6. The molecule has 0 aromatic heterocycles. The molecule has 1 saturated carbocycles. The van der Waals surface area contributed by atoms with Gasteiger partial charge in [0.25, 0.3) is 5.91 Å². The van der Waals surface area contributed by atoms with Crippen LogP contribution in [0.5, 0.6) is 0 Å². The van der Waals surface area contributed by atoms with E-state index in [9.17, 15) is 27.2 Å². The Bertz CT molecular complexity index is 900. The Kier molecular flexibility index (Phi) is 5.69. The zero-order chi connectivity index (χ0) is 20.5. The molecule has 1 aromatic rings. The number of hydrogen-bond donors (Lipinski definition) is 1. The molecule has 0 radical (unpaired) electrons. The molecule has 2 fully saturated rings. The first-order valence-corrected chi connectivity index (χ1v) is 11.0. The lowest BCUT2D eigenvalue weighted by Gasteiger charge is -2.24. The Morgan fingerprint density at radius 1 is 1.29 bits per heavy atom. The fraction of sp³-hybridized carbons (Fsp3) is 0.500. The highest BCUT2D eigenvalue weighted by Crippen LogP contribution is 2.29. The maximum Gasteiger partial charge on any atom is 0.325 e. The molecule has 28 heavy (non-hydrogen) atoms. The van der Waals surface area contributed by atoms with Gasteiger partial charge in [0.1, 0.15) is 28.2 Å². The van der Waals surface area contributed by atoms with Crippen molar-refractivity contribution < 1.29 is 27.2 Å². The van der Waals surface area contributed by atoms with Crippen molar-refractivity contribution in [2.24, 2.45) is 0 Å². The van der Waals surface area contributed by atoms with Crippen LogP contribution >= 0.6 is 0 Å². The standard InChI is InChI=1S/C18H22FN3O5S/c1-28(26,27)9-8-15-17(24)22(18(25)20-15)11-16(23)21(13-6-7-13)10-12-4-2-3-5-14(12)19/h2-5,13,15H,6-11H2,1H3,(H,20,25). The van der Waals surface area contributed by atoms with Crippen LogP contribution in [-0.4, -0.2) is 66.7 Å². The minimum absolute atomic E-state index is 0.0334. The number of nitrogens with zero attached hydrogens (tertiary/aromatic N) is 2. The van der Waals surface area contributed by atoms with Gasteiger partial charge in [-0.3, -0.25) is 14.5 Å². The summed E-state index contributed by atoms with van der Waals surface area (Å²) in [7, 11) is -3.28. The van der Waals surface area contributed by atoms with Crippen molar-refractivity contribution in [1.29, 1.82) is 0 Å². The first-order chi connectivity index (χ1) is 13.2. The second kappa shape index (κ2) is 7.86. The molecule has 1 atom stereocenters. The van der Waals surface area contributed by atoms with Crippen LogP contribution in [0.25, 0.3) is 0 Å². The van der Waals surface area contributed by atoms with Gasteiger partial charge in [0.2, 0.25) is 5.91 Å². The summed E-state index contributed by atoms with van der Waals surface area (Å²) in [5.41, 5.74) is 0.367. The summed E-state index contributed by atoms with van der Waals surface area (Å²) in [6.07, 6.45) is 2.58. The smallest absolute Gasteiger partial charge is 0.325 e. The van der Waals surface area contributed by atoms with Gasteiger partial charge in [0.15, 0.2) is 0 Å². The van der Waals surface area contributed by atoms with Crippen molar-refractivity contribution in [3.8, 4) is 0 Å². The van der Waals surface area contributed by atoms with Gasteiger partial charge in [-0.15, -0.1) is 0 Å². The number of amides is 4. The number of carbonyl (C=O) groups excluding carboxylic acids is 3. The second-order valence-corrected chi connectivity index (χ2v) is 9.45. The van der Waals surface area contributed by atoms with Crippen LogP contribution in [0.2, 0.25) is 0 Å². The first kappa shape index (κ1) is 20.2. The number of hydrogen-bond acceptors (Lipinski definition) is 5. The van der Waals surface area contributed by atoms with E-state index < -0.39 is 46.1 Å². The Morgan fingerprint density at radius 2 is 1.96 bits per heavy atom. The number of halogens is 1. The molecular formula is C18H22FN3O5S. The summed E-state index contributed by atoms with van der Waals surface area (Å²) in [4.78, 5) is 39.5. The molecule has 1 N–H and O–H groups in total. The third kappa shape index (κ3) is 4.86. The van der Waals surface area contributed by atoms with Gasteiger partial charge < -0.3 is 10.2 Å². The molecule has 4 amide bonds. The summed E-state index contributed by atoms with van der Waals surface area (Å²) in [6, 6.07) is 4.43. The highest BCUT2D eigenvalue weighted by molar-refractivity contribution is 7.90. The molecule has 1 heterocycles. The molecule has 3 rings (SSSR count). The number of imide groups is 1. The minimum Gasteiger partial charge on any atom is -0.334 e. The number of sulfone groups is 1. The van der Waals surface area contributed by atoms with Gasteiger partial charge in [0, 0.05) is 24.4 Å². The Labute approximate surface area is 162 Å². The molecule has 0 spiro atoms. The van der Waals surface area contributed by atoms with Crippen molar-refractivity contribution in [3.63, 3.8) is 0 Å². The molecule has 0 bridgehead atoms. The van der Waals surface area contributed by atoms with E-state index in [1.165, 1.54) is 11.0 Å². The van der Waals surface area contributed by atoms with E-state index in [4.69, 9.17) is 0 Å². The van der Waals surface area contributed by atoms with Crippen molar-refractivity contribution in [3.05, 3.63) is 35.6 Å². The fourth-order valence-electron chi connectivity index (χ4n) is 3.10. The van der Waals surface area contributed by atoms with Gasteiger partial charge in [-0.05, 0) is 25.3 Å². The summed E-state index contributed by atoms with van der Waals surface area (Å²) in [5, 5.41) is 2.42. The van der Waals surface area contributed by atoms with Crippen LogP contribution in [-0.2, 0) is 26.0 Å². The average molecular weight is 411 g/mol. The van der Waals surface area contributed by atoms with Gasteiger partial charge >= 0.3 is 6.03 Å². The van der Waals surface area contributed by atoms with Crippen LogP contribution in [0.1, 0.15) is 24.8 Å². The maximum atomic E-state index is 13.9. The molecule has 10 heteroatoms. The lowest BCUT2D eigenvalue weighted by Crippen LogP contribution is -2.44. The largest absolute Gasteiger partial charge is 0.334 e. The molecule has 8 nitrogen and oxygen atoms in total. The van der Waals surface area contributed by atoms with Crippen LogP contribution in [0.3, 0.4) is 0 Å². The quantitative estimate of drug-likeness (QED) is 0.634. The highest BCUT2D eigenvalue weighted by Gasteiger charge is 2.41. The zero-order valence-corrected chi connectivity index (χ0v) is 16.2.